The number of para-hydroxylation sites is 1. The second-order valence-electron chi connectivity index (χ2n) is 8.09. The minimum Gasteiger partial charge on any atom is -0.480 e. The fraction of sp³-hybridized carbons (Fsp3) is 0.500. The fourth-order valence-corrected chi connectivity index (χ4v) is 3.95. The summed E-state index contributed by atoms with van der Waals surface area (Å²) in [4.78, 5) is 40.5. The van der Waals surface area contributed by atoms with Gasteiger partial charge in [0.15, 0.2) is 0 Å². The monoisotopic (exact) mass is 399 g/mol. The number of H-pyrrole nitrogens is 1. The van der Waals surface area contributed by atoms with Crippen molar-refractivity contribution in [2.75, 3.05) is 0 Å². The molecule has 4 N–H and O–H groups in total. The molecule has 0 spiro atoms. The number of amides is 2. The quantitative estimate of drug-likeness (QED) is 0.636. The average Bonchev–Trinajstić information content (AvgIpc) is 3.08. The Balaban J connectivity index is 1.89. The lowest BCUT2D eigenvalue weighted by molar-refractivity contribution is -0.143. The van der Waals surface area contributed by atoms with Crippen LogP contribution in [0.1, 0.15) is 57.4 Å². The molecule has 0 bridgehead atoms. The van der Waals surface area contributed by atoms with Gasteiger partial charge >= 0.3 is 5.97 Å². The molecule has 0 radical (unpaired) electrons. The van der Waals surface area contributed by atoms with Crippen LogP contribution in [0.5, 0.6) is 0 Å². The van der Waals surface area contributed by atoms with Gasteiger partial charge in [-0.25, -0.2) is 4.79 Å². The van der Waals surface area contributed by atoms with E-state index in [-0.39, 0.29) is 12.3 Å². The summed E-state index contributed by atoms with van der Waals surface area (Å²) in [6, 6.07) is 6.80. The van der Waals surface area contributed by atoms with Crippen LogP contribution in [0, 0.1) is 0 Å². The van der Waals surface area contributed by atoms with Crippen LogP contribution in [0.3, 0.4) is 0 Å². The number of carboxylic acid groups (broad SMARTS) is 1. The molecule has 7 heteroatoms. The van der Waals surface area contributed by atoms with E-state index in [2.05, 4.69) is 15.6 Å². The van der Waals surface area contributed by atoms with Crippen molar-refractivity contribution in [2.45, 2.75) is 69.9 Å². The highest BCUT2D eigenvalue weighted by Crippen LogP contribution is 2.24. The highest BCUT2D eigenvalue weighted by molar-refractivity contribution is 5.94. The van der Waals surface area contributed by atoms with Crippen LogP contribution in [-0.2, 0) is 20.8 Å². The largest absolute Gasteiger partial charge is 0.480 e. The number of carbonyl (C=O) groups is 3. The van der Waals surface area contributed by atoms with E-state index in [4.69, 9.17) is 0 Å². The summed E-state index contributed by atoms with van der Waals surface area (Å²) >= 11 is 0. The minimum absolute atomic E-state index is 0.186. The Kier molecular flexibility index (Phi) is 6.56. The topological polar surface area (TPSA) is 111 Å². The number of fused-ring (bicyclic) bond motifs is 1. The number of carboxylic acids is 1. The Hall–Kier alpha value is -2.83. The van der Waals surface area contributed by atoms with Crippen molar-refractivity contribution in [2.24, 2.45) is 0 Å². The Morgan fingerprint density at radius 1 is 1.14 bits per heavy atom. The van der Waals surface area contributed by atoms with E-state index >= 15 is 0 Å². The number of rotatable bonds is 3. The van der Waals surface area contributed by atoms with Crippen molar-refractivity contribution in [3.8, 4) is 0 Å². The molecule has 1 aliphatic heterocycles. The Labute approximate surface area is 170 Å². The smallest absolute Gasteiger partial charge is 0.326 e. The molecule has 29 heavy (non-hydrogen) atoms. The molecule has 1 fully saturated rings. The van der Waals surface area contributed by atoms with Crippen LogP contribution in [0.2, 0.25) is 0 Å². The predicted octanol–water partition coefficient (Wildman–Crippen LogP) is 2.90. The van der Waals surface area contributed by atoms with Gasteiger partial charge in [-0.15, -0.1) is 0 Å². The summed E-state index contributed by atoms with van der Waals surface area (Å²) in [6.45, 7) is 1.67. The molecular weight excluding hydrogens is 370 g/mol. The molecule has 3 rings (SSSR count). The molecule has 1 aromatic heterocycles. The molecule has 0 aliphatic carbocycles. The van der Waals surface area contributed by atoms with Gasteiger partial charge in [-0.05, 0) is 31.4 Å². The number of aromatic nitrogens is 1. The molecule has 1 saturated heterocycles. The zero-order valence-electron chi connectivity index (χ0n) is 16.8. The first-order valence-corrected chi connectivity index (χ1v) is 10.3. The molecular formula is C22H29N3O4. The third-order valence-corrected chi connectivity index (χ3v) is 5.64. The van der Waals surface area contributed by atoms with Crippen molar-refractivity contribution in [3.63, 3.8) is 0 Å². The molecule has 156 valence electrons. The summed E-state index contributed by atoms with van der Waals surface area (Å²) in [6.07, 6.45) is 7.12. The lowest BCUT2D eigenvalue weighted by Gasteiger charge is -2.31. The van der Waals surface area contributed by atoms with E-state index in [0.29, 0.717) is 12.8 Å². The van der Waals surface area contributed by atoms with Gasteiger partial charge in [0.25, 0.3) is 0 Å². The third kappa shape index (κ3) is 5.16. The summed E-state index contributed by atoms with van der Waals surface area (Å²) < 4.78 is 0. The van der Waals surface area contributed by atoms with Gasteiger partial charge in [0.1, 0.15) is 11.6 Å². The zero-order valence-corrected chi connectivity index (χ0v) is 16.8. The van der Waals surface area contributed by atoms with Gasteiger partial charge in [-0.3, -0.25) is 9.59 Å². The number of hydrogen-bond donors (Lipinski definition) is 4. The van der Waals surface area contributed by atoms with Crippen molar-refractivity contribution < 1.29 is 19.5 Å². The van der Waals surface area contributed by atoms with E-state index in [9.17, 15) is 19.5 Å². The van der Waals surface area contributed by atoms with E-state index in [1.165, 1.54) is 0 Å². The SMILES string of the molecule is C[C@]1(Cc2c[nH]c3ccccc23)NC(=O)CCCCCCCC(C(=O)O)NC1=O. The average molecular weight is 399 g/mol. The summed E-state index contributed by atoms with van der Waals surface area (Å²) in [5.41, 5.74) is 0.602. The van der Waals surface area contributed by atoms with Gasteiger partial charge < -0.3 is 20.7 Å². The van der Waals surface area contributed by atoms with Crippen LogP contribution in [-0.4, -0.2) is 39.5 Å². The highest BCUT2D eigenvalue weighted by atomic mass is 16.4. The maximum atomic E-state index is 13.2. The summed E-state index contributed by atoms with van der Waals surface area (Å²) in [7, 11) is 0. The van der Waals surface area contributed by atoms with Gasteiger partial charge in [0.05, 0.1) is 0 Å². The molecule has 2 amide bonds. The van der Waals surface area contributed by atoms with E-state index < -0.39 is 23.5 Å². The van der Waals surface area contributed by atoms with Crippen LogP contribution >= 0.6 is 0 Å². The molecule has 2 atom stereocenters. The molecule has 2 aromatic rings. The molecule has 7 nitrogen and oxygen atoms in total. The van der Waals surface area contributed by atoms with Crippen molar-refractivity contribution in [1.82, 2.24) is 15.6 Å². The van der Waals surface area contributed by atoms with E-state index in [0.717, 1.165) is 48.6 Å². The van der Waals surface area contributed by atoms with Crippen molar-refractivity contribution in [1.29, 1.82) is 0 Å². The predicted molar refractivity (Wildman–Crippen MR) is 110 cm³/mol. The Morgan fingerprint density at radius 3 is 2.66 bits per heavy atom. The van der Waals surface area contributed by atoms with Crippen LogP contribution in [0.4, 0.5) is 0 Å². The van der Waals surface area contributed by atoms with E-state index in [1.54, 1.807) is 6.92 Å². The molecule has 1 unspecified atom stereocenters. The van der Waals surface area contributed by atoms with Crippen LogP contribution < -0.4 is 10.6 Å². The molecule has 1 aromatic carbocycles. The maximum absolute atomic E-state index is 13.2. The van der Waals surface area contributed by atoms with Crippen LogP contribution in [0.15, 0.2) is 30.5 Å². The highest BCUT2D eigenvalue weighted by Gasteiger charge is 2.37. The van der Waals surface area contributed by atoms with Gasteiger partial charge in [-0.1, -0.05) is 43.9 Å². The molecule has 2 heterocycles. The number of benzene rings is 1. The number of aromatic amines is 1. The third-order valence-electron chi connectivity index (χ3n) is 5.64. The summed E-state index contributed by atoms with van der Waals surface area (Å²) in [5.74, 6) is -1.70. The van der Waals surface area contributed by atoms with Crippen molar-refractivity contribution >= 4 is 28.7 Å². The number of aliphatic carboxylic acids is 1. The summed E-state index contributed by atoms with van der Waals surface area (Å²) in [5, 5.41) is 16.1. The maximum Gasteiger partial charge on any atom is 0.326 e. The Bertz CT molecular complexity index is 891. The first kappa shape index (κ1) is 20.9. The van der Waals surface area contributed by atoms with Crippen LogP contribution in [0.25, 0.3) is 10.9 Å². The zero-order chi connectivity index (χ0) is 20.9. The first-order chi connectivity index (χ1) is 13.9. The van der Waals surface area contributed by atoms with Gasteiger partial charge in [0, 0.05) is 29.9 Å². The lowest BCUT2D eigenvalue weighted by Crippen LogP contribution is -2.60. The molecule has 1 aliphatic rings. The minimum atomic E-state index is -1.25. The van der Waals surface area contributed by atoms with Crippen molar-refractivity contribution in [3.05, 3.63) is 36.0 Å². The second kappa shape index (κ2) is 9.11. The Morgan fingerprint density at radius 2 is 1.86 bits per heavy atom. The normalized spacial score (nSPS) is 24.7. The standard InChI is InChI=1S/C22H29N3O4/c1-22(13-15-14-23-17-10-8-7-9-16(15)17)21(29)24-18(20(27)28)11-5-3-2-4-6-12-19(26)25-22/h7-10,14,18,23H,2-6,11-13H2,1H3,(H,24,29)(H,25,26)(H,27,28)/t18?,22-/m1/s1. The number of carbonyl (C=O) groups excluding carboxylic acids is 2. The van der Waals surface area contributed by atoms with Gasteiger partial charge in [0.2, 0.25) is 11.8 Å². The second-order valence-corrected chi connectivity index (χ2v) is 8.09. The first-order valence-electron chi connectivity index (χ1n) is 10.3. The van der Waals surface area contributed by atoms with Gasteiger partial charge in [-0.2, -0.15) is 0 Å². The number of nitrogens with one attached hydrogen (secondary N) is 3. The lowest BCUT2D eigenvalue weighted by atomic mass is 9.90. The number of hydrogen-bond acceptors (Lipinski definition) is 3. The fourth-order valence-electron chi connectivity index (χ4n) is 3.95. The molecule has 0 saturated carbocycles. The van der Waals surface area contributed by atoms with E-state index in [1.807, 2.05) is 30.5 Å².